The third kappa shape index (κ3) is 5.55. The van der Waals surface area contributed by atoms with Crippen molar-refractivity contribution in [3.05, 3.63) is 35.9 Å². The van der Waals surface area contributed by atoms with Gasteiger partial charge in [0.15, 0.2) is 0 Å². The predicted octanol–water partition coefficient (Wildman–Crippen LogP) is 4.52. The van der Waals surface area contributed by atoms with Crippen molar-refractivity contribution < 1.29 is 9.53 Å². The Hall–Kier alpha value is -1.77. The molecule has 0 aliphatic rings. The summed E-state index contributed by atoms with van der Waals surface area (Å²) in [5, 5.41) is 0. The Kier molecular flexibility index (Phi) is 7.72. The molecule has 0 aromatic heterocycles. The van der Waals surface area contributed by atoms with Crippen molar-refractivity contribution >= 4 is 12.0 Å². The number of unbranched alkanes of at least 4 members (excludes halogenated alkanes) is 1. The zero-order valence-corrected chi connectivity index (χ0v) is 14.5. The second-order valence-electron chi connectivity index (χ2n) is 6.01. The first-order chi connectivity index (χ1) is 10.5. The summed E-state index contributed by atoms with van der Waals surface area (Å²) < 4.78 is 5.79. The van der Waals surface area contributed by atoms with Gasteiger partial charge < -0.3 is 9.64 Å². The van der Waals surface area contributed by atoms with Crippen molar-refractivity contribution in [1.82, 2.24) is 4.90 Å². The summed E-state index contributed by atoms with van der Waals surface area (Å²) in [6.07, 6.45) is 5.63. The zero-order valence-electron chi connectivity index (χ0n) is 14.5. The zero-order chi connectivity index (χ0) is 16.5. The van der Waals surface area contributed by atoms with Crippen molar-refractivity contribution in [2.45, 2.75) is 59.5 Å². The fourth-order valence-electron chi connectivity index (χ4n) is 2.43. The molecule has 0 unspecified atom stereocenters. The Balaban J connectivity index is 2.82. The van der Waals surface area contributed by atoms with Crippen LogP contribution in [0, 0.1) is 0 Å². The van der Waals surface area contributed by atoms with Gasteiger partial charge in [-0.1, -0.05) is 31.5 Å². The number of carbonyl (C=O) groups excluding carboxylic acids is 1. The number of hydrogen-bond acceptors (Lipinski definition) is 2. The highest BCUT2D eigenvalue weighted by Gasteiger charge is 2.17. The number of carbonyl (C=O) groups is 1. The summed E-state index contributed by atoms with van der Waals surface area (Å²) in [6.45, 7) is 11.0. The van der Waals surface area contributed by atoms with E-state index in [0.29, 0.717) is 6.61 Å². The van der Waals surface area contributed by atoms with Crippen molar-refractivity contribution in [1.29, 1.82) is 0 Å². The number of nitrogens with zero attached hydrogens (tertiary/aromatic N) is 1. The molecule has 0 aliphatic heterocycles. The lowest BCUT2D eigenvalue weighted by atomic mass is 10.1. The Morgan fingerprint density at radius 2 is 1.82 bits per heavy atom. The fraction of sp³-hybridized carbons (Fsp3) is 0.526. The number of para-hydroxylation sites is 1. The molecular weight excluding hydrogens is 274 g/mol. The van der Waals surface area contributed by atoms with Crippen LogP contribution in [0.25, 0.3) is 6.08 Å². The highest BCUT2D eigenvalue weighted by Crippen LogP contribution is 2.20. The molecule has 0 heterocycles. The van der Waals surface area contributed by atoms with Gasteiger partial charge >= 0.3 is 0 Å². The molecule has 0 fully saturated rings. The Morgan fingerprint density at radius 3 is 2.41 bits per heavy atom. The molecule has 22 heavy (non-hydrogen) atoms. The Morgan fingerprint density at radius 1 is 1.18 bits per heavy atom. The topological polar surface area (TPSA) is 29.5 Å². The van der Waals surface area contributed by atoms with Gasteiger partial charge in [0.05, 0.1) is 6.61 Å². The van der Waals surface area contributed by atoms with Crippen LogP contribution in [0.1, 0.15) is 53.0 Å². The van der Waals surface area contributed by atoms with E-state index in [2.05, 4.69) is 6.92 Å². The van der Waals surface area contributed by atoms with Crippen molar-refractivity contribution in [2.24, 2.45) is 0 Å². The molecule has 0 atom stereocenters. The summed E-state index contributed by atoms with van der Waals surface area (Å²) in [4.78, 5) is 14.2. The smallest absolute Gasteiger partial charge is 0.247 e. The minimum atomic E-state index is 0.0355. The molecule has 1 rings (SSSR count). The standard InChI is InChI=1S/C19H29NO2/c1-6-7-14-22-18-11-9-8-10-17(18)12-13-19(21)20(15(2)3)16(4)5/h8-13,15-16H,6-7,14H2,1-5H3/b13-12+. The van der Waals surface area contributed by atoms with Gasteiger partial charge in [0, 0.05) is 23.7 Å². The summed E-state index contributed by atoms with van der Waals surface area (Å²) >= 11 is 0. The molecule has 1 aromatic rings. The van der Waals surface area contributed by atoms with Gasteiger partial charge in [0.25, 0.3) is 0 Å². The molecule has 0 N–H and O–H groups in total. The highest BCUT2D eigenvalue weighted by atomic mass is 16.5. The van der Waals surface area contributed by atoms with Crippen LogP contribution >= 0.6 is 0 Å². The quantitative estimate of drug-likeness (QED) is 0.522. The molecule has 1 amide bonds. The number of ether oxygens (including phenoxy) is 1. The van der Waals surface area contributed by atoms with Gasteiger partial charge in [0.2, 0.25) is 5.91 Å². The van der Waals surface area contributed by atoms with Crippen LogP contribution in [0.15, 0.2) is 30.3 Å². The number of hydrogen-bond donors (Lipinski definition) is 0. The normalized spacial score (nSPS) is 11.4. The molecule has 0 saturated heterocycles. The minimum absolute atomic E-state index is 0.0355. The second-order valence-corrected chi connectivity index (χ2v) is 6.01. The number of benzene rings is 1. The van der Waals surface area contributed by atoms with Crippen LogP contribution in [0.4, 0.5) is 0 Å². The Labute approximate surface area is 135 Å². The van der Waals surface area contributed by atoms with Gasteiger partial charge in [-0.05, 0) is 46.3 Å². The van der Waals surface area contributed by atoms with Gasteiger partial charge in [-0.15, -0.1) is 0 Å². The van der Waals surface area contributed by atoms with Crippen LogP contribution < -0.4 is 4.74 Å². The third-order valence-electron chi connectivity index (χ3n) is 3.45. The number of rotatable bonds is 8. The molecule has 0 aliphatic carbocycles. The van der Waals surface area contributed by atoms with Gasteiger partial charge in [0.1, 0.15) is 5.75 Å². The maximum Gasteiger partial charge on any atom is 0.247 e. The van der Waals surface area contributed by atoms with E-state index in [4.69, 9.17) is 4.74 Å². The summed E-state index contributed by atoms with van der Waals surface area (Å²) in [5.74, 6) is 0.869. The van der Waals surface area contributed by atoms with Crippen molar-refractivity contribution in [3.8, 4) is 5.75 Å². The minimum Gasteiger partial charge on any atom is -0.493 e. The van der Waals surface area contributed by atoms with Gasteiger partial charge in [-0.2, -0.15) is 0 Å². The molecule has 122 valence electrons. The first-order valence-electron chi connectivity index (χ1n) is 8.19. The predicted molar refractivity (Wildman–Crippen MR) is 93.0 cm³/mol. The van der Waals surface area contributed by atoms with Crippen LogP contribution in [0.5, 0.6) is 5.75 Å². The SMILES string of the molecule is CCCCOc1ccccc1/C=C/C(=O)N(C(C)C)C(C)C. The molecule has 0 bridgehead atoms. The second kappa shape index (κ2) is 9.29. The van der Waals surface area contributed by atoms with Crippen LogP contribution in [0.2, 0.25) is 0 Å². The lowest BCUT2D eigenvalue weighted by Crippen LogP contribution is -2.41. The third-order valence-corrected chi connectivity index (χ3v) is 3.45. The molecule has 0 radical (unpaired) electrons. The number of amides is 1. The largest absolute Gasteiger partial charge is 0.493 e. The van der Waals surface area contributed by atoms with E-state index in [1.54, 1.807) is 6.08 Å². The highest BCUT2D eigenvalue weighted by molar-refractivity contribution is 5.92. The maximum absolute atomic E-state index is 12.4. The van der Waals surface area contributed by atoms with Gasteiger partial charge in [-0.3, -0.25) is 4.79 Å². The monoisotopic (exact) mass is 303 g/mol. The average molecular weight is 303 g/mol. The lowest BCUT2D eigenvalue weighted by Gasteiger charge is -2.29. The van der Waals surface area contributed by atoms with Crippen molar-refractivity contribution in [2.75, 3.05) is 6.61 Å². The van der Waals surface area contributed by atoms with Crippen LogP contribution in [-0.2, 0) is 4.79 Å². The van der Waals surface area contributed by atoms with E-state index in [0.717, 1.165) is 24.2 Å². The Bertz CT molecular complexity index is 484. The first kappa shape index (κ1) is 18.3. The van der Waals surface area contributed by atoms with Crippen LogP contribution in [-0.4, -0.2) is 29.5 Å². The maximum atomic E-state index is 12.4. The fourth-order valence-corrected chi connectivity index (χ4v) is 2.43. The molecule has 3 heteroatoms. The molecule has 1 aromatic carbocycles. The molecule has 3 nitrogen and oxygen atoms in total. The lowest BCUT2D eigenvalue weighted by molar-refractivity contribution is -0.129. The summed E-state index contributed by atoms with van der Waals surface area (Å²) in [7, 11) is 0. The van der Waals surface area contributed by atoms with E-state index in [1.807, 2.05) is 62.9 Å². The van der Waals surface area contributed by atoms with E-state index < -0.39 is 0 Å². The van der Waals surface area contributed by atoms with E-state index >= 15 is 0 Å². The molecular formula is C19H29NO2. The van der Waals surface area contributed by atoms with Gasteiger partial charge in [-0.25, -0.2) is 0 Å². The van der Waals surface area contributed by atoms with Crippen LogP contribution in [0.3, 0.4) is 0 Å². The summed E-state index contributed by atoms with van der Waals surface area (Å²) in [5.41, 5.74) is 0.944. The molecule has 0 spiro atoms. The summed E-state index contributed by atoms with van der Waals surface area (Å²) in [6, 6.07) is 8.21. The van der Waals surface area contributed by atoms with E-state index in [1.165, 1.54) is 0 Å². The van der Waals surface area contributed by atoms with Crippen molar-refractivity contribution in [3.63, 3.8) is 0 Å². The average Bonchev–Trinajstić information content (AvgIpc) is 2.45. The van der Waals surface area contributed by atoms with E-state index in [9.17, 15) is 4.79 Å². The molecule has 0 saturated carbocycles. The first-order valence-corrected chi connectivity index (χ1v) is 8.19. The van der Waals surface area contributed by atoms with E-state index in [-0.39, 0.29) is 18.0 Å².